The standard InChI is InChI=1S/C10H13N3OS/c1-7(9-3-4-15-6-9)11-5-10-8(2)12-14-13-10/h3-4,6-7,11H,5H2,1-2H3. The lowest BCUT2D eigenvalue weighted by Gasteiger charge is -2.10. The highest BCUT2D eigenvalue weighted by molar-refractivity contribution is 7.07. The van der Waals surface area contributed by atoms with Crippen LogP contribution in [0, 0.1) is 6.92 Å². The van der Waals surface area contributed by atoms with Gasteiger partial charge in [0.1, 0.15) is 11.4 Å². The Bertz CT molecular complexity index is 410. The predicted molar refractivity (Wildman–Crippen MR) is 58.6 cm³/mol. The van der Waals surface area contributed by atoms with Crippen LogP contribution in [0.15, 0.2) is 21.5 Å². The highest BCUT2D eigenvalue weighted by Crippen LogP contribution is 2.16. The minimum atomic E-state index is 0.326. The van der Waals surface area contributed by atoms with Gasteiger partial charge >= 0.3 is 0 Å². The third kappa shape index (κ3) is 2.43. The highest BCUT2D eigenvalue weighted by atomic mass is 32.1. The van der Waals surface area contributed by atoms with Gasteiger partial charge in [-0.25, -0.2) is 4.63 Å². The number of nitrogens with zero attached hydrogens (tertiary/aromatic N) is 2. The van der Waals surface area contributed by atoms with Crippen LogP contribution >= 0.6 is 11.3 Å². The molecule has 4 nitrogen and oxygen atoms in total. The molecule has 1 N–H and O–H groups in total. The third-order valence-electron chi connectivity index (χ3n) is 2.37. The van der Waals surface area contributed by atoms with E-state index in [2.05, 4.69) is 44.0 Å². The van der Waals surface area contributed by atoms with E-state index >= 15 is 0 Å². The number of nitrogens with one attached hydrogen (secondary N) is 1. The first-order chi connectivity index (χ1) is 7.27. The lowest BCUT2D eigenvalue weighted by atomic mass is 10.2. The summed E-state index contributed by atoms with van der Waals surface area (Å²) in [6.45, 7) is 4.71. The summed E-state index contributed by atoms with van der Waals surface area (Å²) in [5.74, 6) is 0. The smallest absolute Gasteiger partial charge is 0.121 e. The molecule has 0 amide bonds. The minimum absolute atomic E-state index is 0.326. The number of aryl methyl sites for hydroxylation is 1. The summed E-state index contributed by atoms with van der Waals surface area (Å²) < 4.78 is 4.63. The molecule has 0 saturated heterocycles. The van der Waals surface area contributed by atoms with Gasteiger partial charge in [0.2, 0.25) is 0 Å². The summed E-state index contributed by atoms with van der Waals surface area (Å²) >= 11 is 1.71. The maximum atomic E-state index is 4.63. The topological polar surface area (TPSA) is 51.0 Å². The molecule has 0 aliphatic rings. The normalized spacial score (nSPS) is 12.9. The van der Waals surface area contributed by atoms with Crippen LogP contribution in [0.3, 0.4) is 0 Å². The van der Waals surface area contributed by atoms with E-state index in [0.717, 1.165) is 11.4 Å². The number of thiophene rings is 1. The fourth-order valence-corrected chi connectivity index (χ4v) is 2.05. The Labute approximate surface area is 92.3 Å². The zero-order valence-electron chi connectivity index (χ0n) is 8.73. The Morgan fingerprint density at radius 1 is 1.53 bits per heavy atom. The zero-order valence-corrected chi connectivity index (χ0v) is 9.54. The number of rotatable bonds is 4. The summed E-state index contributed by atoms with van der Waals surface area (Å²) in [7, 11) is 0. The largest absolute Gasteiger partial charge is 0.304 e. The molecule has 2 aromatic heterocycles. The van der Waals surface area contributed by atoms with Crippen molar-refractivity contribution in [1.82, 2.24) is 15.6 Å². The maximum Gasteiger partial charge on any atom is 0.121 e. The molecule has 0 saturated carbocycles. The maximum absolute atomic E-state index is 4.63. The summed E-state index contributed by atoms with van der Waals surface area (Å²) in [5, 5.41) is 15.2. The average Bonchev–Trinajstić information content (AvgIpc) is 2.85. The Hall–Kier alpha value is -1.20. The van der Waals surface area contributed by atoms with Gasteiger partial charge in [0.05, 0.1) is 0 Å². The van der Waals surface area contributed by atoms with Gasteiger partial charge in [-0.1, -0.05) is 10.3 Å². The molecule has 0 fully saturated rings. The Morgan fingerprint density at radius 2 is 2.40 bits per heavy atom. The van der Waals surface area contributed by atoms with Crippen molar-refractivity contribution in [3.05, 3.63) is 33.8 Å². The Kier molecular flexibility index (Phi) is 3.13. The van der Waals surface area contributed by atoms with Crippen LogP contribution in [0.5, 0.6) is 0 Å². The molecule has 0 aliphatic heterocycles. The van der Waals surface area contributed by atoms with Crippen molar-refractivity contribution in [2.75, 3.05) is 0 Å². The molecule has 1 unspecified atom stereocenters. The van der Waals surface area contributed by atoms with Crippen LogP contribution in [0.2, 0.25) is 0 Å². The van der Waals surface area contributed by atoms with Gasteiger partial charge < -0.3 is 5.32 Å². The molecule has 0 spiro atoms. The van der Waals surface area contributed by atoms with E-state index in [1.807, 2.05) is 6.92 Å². The average molecular weight is 223 g/mol. The lowest BCUT2D eigenvalue weighted by Crippen LogP contribution is -2.18. The fourth-order valence-electron chi connectivity index (χ4n) is 1.30. The van der Waals surface area contributed by atoms with Crippen molar-refractivity contribution in [1.29, 1.82) is 0 Å². The summed E-state index contributed by atoms with van der Waals surface area (Å²) in [4.78, 5) is 0. The zero-order chi connectivity index (χ0) is 10.7. The number of hydrogen-bond acceptors (Lipinski definition) is 5. The highest BCUT2D eigenvalue weighted by Gasteiger charge is 2.08. The molecule has 5 heteroatoms. The molecule has 0 aliphatic carbocycles. The van der Waals surface area contributed by atoms with E-state index in [0.29, 0.717) is 12.6 Å². The van der Waals surface area contributed by atoms with Gasteiger partial charge in [-0.05, 0) is 36.2 Å². The van der Waals surface area contributed by atoms with Crippen LogP contribution in [0.25, 0.3) is 0 Å². The molecular formula is C10H13N3OS. The number of hydrogen-bond donors (Lipinski definition) is 1. The molecule has 80 valence electrons. The van der Waals surface area contributed by atoms with Crippen molar-refractivity contribution in [3.63, 3.8) is 0 Å². The molecule has 2 rings (SSSR count). The van der Waals surface area contributed by atoms with E-state index in [9.17, 15) is 0 Å². The van der Waals surface area contributed by atoms with Crippen LogP contribution in [-0.4, -0.2) is 10.3 Å². The second-order valence-corrected chi connectivity index (χ2v) is 4.24. The van der Waals surface area contributed by atoms with Gasteiger partial charge in [0, 0.05) is 12.6 Å². The number of aromatic nitrogens is 2. The SMILES string of the molecule is Cc1nonc1CNC(C)c1ccsc1. The molecule has 0 radical (unpaired) electrons. The van der Waals surface area contributed by atoms with Crippen LogP contribution < -0.4 is 5.32 Å². The Balaban J connectivity index is 1.91. The Morgan fingerprint density at radius 3 is 3.00 bits per heavy atom. The van der Waals surface area contributed by atoms with Crippen molar-refractivity contribution < 1.29 is 4.63 Å². The molecule has 15 heavy (non-hydrogen) atoms. The van der Waals surface area contributed by atoms with Gasteiger partial charge in [0.15, 0.2) is 0 Å². The van der Waals surface area contributed by atoms with Crippen LogP contribution in [-0.2, 0) is 6.54 Å². The van der Waals surface area contributed by atoms with Crippen LogP contribution in [0.1, 0.15) is 29.9 Å². The van der Waals surface area contributed by atoms with Crippen molar-refractivity contribution >= 4 is 11.3 Å². The second kappa shape index (κ2) is 4.55. The molecule has 0 bridgehead atoms. The van der Waals surface area contributed by atoms with Crippen molar-refractivity contribution in [3.8, 4) is 0 Å². The molecule has 2 aromatic rings. The molecule has 2 heterocycles. The molecular weight excluding hydrogens is 210 g/mol. The lowest BCUT2D eigenvalue weighted by molar-refractivity contribution is 0.300. The van der Waals surface area contributed by atoms with Crippen LogP contribution in [0.4, 0.5) is 0 Å². The third-order valence-corrected chi connectivity index (χ3v) is 3.07. The minimum Gasteiger partial charge on any atom is -0.304 e. The molecule has 1 atom stereocenters. The monoisotopic (exact) mass is 223 g/mol. The van der Waals surface area contributed by atoms with E-state index in [1.165, 1.54) is 5.56 Å². The van der Waals surface area contributed by atoms with Gasteiger partial charge in [-0.15, -0.1) is 0 Å². The van der Waals surface area contributed by atoms with E-state index in [1.54, 1.807) is 11.3 Å². The predicted octanol–water partition coefficient (Wildman–Crippen LogP) is 2.29. The quantitative estimate of drug-likeness (QED) is 0.864. The first kappa shape index (κ1) is 10.3. The van der Waals surface area contributed by atoms with Crippen molar-refractivity contribution in [2.45, 2.75) is 26.4 Å². The van der Waals surface area contributed by atoms with Gasteiger partial charge in [0.25, 0.3) is 0 Å². The van der Waals surface area contributed by atoms with Crippen molar-refractivity contribution in [2.24, 2.45) is 0 Å². The van der Waals surface area contributed by atoms with E-state index in [-0.39, 0.29) is 0 Å². The van der Waals surface area contributed by atoms with Gasteiger partial charge in [-0.3, -0.25) is 0 Å². The van der Waals surface area contributed by atoms with E-state index < -0.39 is 0 Å². The van der Waals surface area contributed by atoms with E-state index in [4.69, 9.17) is 0 Å². The summed E-state index contributed by atoms with van der Waals surface area (Å²) in [5.41, 5.74) is 3.02. The summed E-state index contributed by atoms with van der Waals surface area (Å²) in [6.07, 6.45) is 0. The molecule has 0 aromatic carbocycles. The second-order valence-electron chi connectivity index (χ2n) is 3.46. The van der Waals surface area contributed by atoms with Gasteiger partial charge in [-0.2, -0.15) is 11.3 Å². The summed E-state index contributed by atoms with van der Waals surface area (Å²) in [6, 6.07) is 2.45. The fraction of sp³-hybridized carbons (Fsp3) is 0.400. The first-order valence-corrected chi connectivity index (χ1v) is 5.75. The first-order valence-electron chi connectivity index (χ1n) is 4.81.